The summed E-state index contributed by atoms with van der Waals surface area (Å²) < 4.78 is 14.0. The van der Waals surface area contributed by atoms with Crippen molar-refractivity contribution < 1.29 is 4.39 Å². The van der Waals surface area contributed by atoms with Crippen LogP contribution in [0.15, 0.2) is 22.2 Å². The zero-order valence-corrected chi connectivity index (χ0v) is 11.1. The number of benzene rings is 1. The number of hydrogen-bond donors (Lipinski definition) is 4. The van der Waals surface area contributed by atoms with Gasteiger partial charge in [-0.1, -0.05) is 11.6 Å². The standard InChI is InChI=1S/C10H10ClFN6S/c11-7-3(13)1-4(14)9(8(7)12)19-10-17-5(15)2-6(16)18-10/h1-2H,13-14H2,(H4,15,16,17,18). The molecule has 0 unspecified atom stereocenters. The predicted octanol–water partition coefficient (Wildman–Crippen LogP) is 1.75. The van der Waals surface area contributed by atoms with Gasteiger partial charge in [0, 0.05) is 6.07 Å². The van der Waals surface area contributed by atoms with Gasteiger partial charge < -0.3 is 22.9 Å². The summed E-state index contributed by atoms with van der Waals surface area (Å²) in [6.07, 6.45) is 0. The lowest BCUT2D eigenvalue weighted by atomic mass is 10.3. The maximum Gasteiger partial charge on any atom is 0.196 e. The van der Waals surface area contributed by atoms with Crippen LogP contribution in [0.5, 0.6) is 0 Å². The van der Waals surface area contributed by atoms with Crippen LogP contribution < -0.4 is 22.9 Å². The minimum absolute atomic E-state index is 0.0639. The average molecular weight is 301 g/mol. The molecule has 0 saturated heterocycles. The Bertz CT molecular complexity index is 630. The average Bonchev–Trinajstić information content (AvgIpc) is 2.31. The molecule has 2 aromatic rings. The third kappa shape index (κ3) is 2.74. The molecule has 6 nitrogen and oxygen atoms in total. The monoisotopic (exact) mass is 300 g/mol. The molecule has 0 saturated carbocycles. The minimum atomic E-state index is -0.728. The summed E-state index contributed by atoms with van der Waals surface area (Å²) in [5.74, 6) is -0.375. The van der Waals surface area contributed by atoms with Crippen LogP contribution in [0.3, 0.4) is 0 Å². The summed E-state index contributed by atoms with van der Waals surface area (Å²) in [7, 11) is 0. The number of halogens is 2. The summed E-state index contributed by atoms with van der Waals surface area (Å²) in [6.45, 7) is 0. The van der Waals surface area contributed by atoms with Crippen LogP contribution in [0.2, 0.25) is 5.02 Å². The zero-order valence-electron chi connectivity index (χ0n) is 9.52. The molecule has 0 aliphatic rings. The topological polar surface area (TPSA) is 130 Å². The summed E-state index contributed by atoms with van der Waals surface area (Å²) >= 11 is 6.59. The van der Waals surface area contributed by atoms with Crippen LogP contribution in [-0.2, 0) is 0 Å². The SMILES string of the molecule is Nc1cc(N)nc(Sc2c(N)cc(N)c(Cl)c2F)n1. The smallest absolute Gasteiger partial charge is 0.196 e. The maximum absolute atomic E-state index is 14.0. The molecule has 0 bridgehead atoms. The summed E-state index contributed by atoms with van der Waals surface area (Å²) in [5, 5.41) is -0.0301. The summed E-state index contributed by atoms with van der Waals surface area (Å²) in [5.41, 5.74) is 22.4. The fourth-order valence-electron chi connectivity index (χ4n) is 1.35. The van der Waals surface area contributed by atoms with Crippen LogP contribution in [0.1, 0.15) is 0 Å². The van der Waals surface area contributed by atoms with E-state index in [4.69, 9.17) is 34.5 Å². The molecular formula is C10H10ClFN6S. The van der Waals surface area contributed by atoms with Gasteiger partial charge in [-0.05, 0) is 17.8 Å². The Labute approximate surface area is 117 Å². The van der Waals surface area contributed by atoms with E-state index in [1.165, 1.54) is 12.1 Å². The van der Waals surface area contributed by atoms with Crippen molar-refractivity contribution in [2.45, 2.75) is 10.1 Å². The molecule has 100 valence electrons. The van der Waals surface area contributed by atoms with Gasteiger partial charge >= 0.3 is 0 Å². The highest BCUT2D eigenvalue weighted by Crippen LogP contribution is 2.38. The second kappa shape index (κ2) is 4.98. The van der Waals surface area contributed by atoms with Crippen LogP contribution >= 0.6 is 23.4 Å². The Balaban J connectivity index is 2.46. The van der Waals surface area contributed by atoms with Crippen LogP contribution in [0.4, 0.5) is 27.4 Å². The highest BCUT2D eigenvalue weighted by Gasteiger charge is 2.17. The first-order valence-electron chi connectivity index (χ1n) is 4.99. The van der Waals surface area contributed by atoms with Gasteiger partial charge in [0.15, 0.2) is 11.0 Å². The van der Waals surface area contributed by atoms with Crippen LogP contribution in [0.25, 0.3) is 0 Å². The fourth-order valence-corrected chi connectivity index (χ4v) is 2.41. The van der Waals surface area contributed by atoms with Gasteiger partial charge in [0.25, 0.3) is 0 Å². The molecule has 0 amide bonds. The van der Waals surface area contributed by atoms with Gasteiger partial charge in [-0.3, -0.25) is 0 Å². The molecule has 1 aromatic heterocycles. The first-order valence-corrected chi connectivity index (χ1v) is 6.18. The number of nitrogen functional groups attached to an aromatic ring is 4. The lowest BCUT2D eigenvalue weighted by Crippen LogP contribution is -2.01. The molecule has 1 heterocycles. The number of anilines is 4. The second-order valence-corrected chi connectivity index (χ2v) is 4.97. The molecule has 9 heteroatoms. The van der Waals surface area contributed by atoms with E-state index in [2.05, 4.69) is 9.97 Å². The van der Waals surface area contributed by atoms with Gasteiger partial charge in [0.1, 0.15) is 16.7 Å². The third-order valence-corrected chi connectivity index (χ3v) is 3.53. The number of aromatic nitrogens is 2. The maximum atomic E-state index is 14.0. The number of nitrogens with zero attached hydrogens (tertiary/aromatic N) is 2. The molecule has 1 aromatic carbocycles. The van der Waals surface area contributed by atoms with Crippen molar-refractivity contribution in [2.75, 3.05) is 22.9 Å². The Kier molecular flexibility index (Phi) is 3.54. The molecule has 0 radical (unpaired) electrons. The Morgan fingerprint density at radius 2 is 1.58 bits per heavy atom. The molecule has 0 spiro atoms. The van der Waals surface area contributed by atoms with Crippen molar-refractivity contribution in [3.8, 4) is 0 Å². The second-order valence-electron chi connectivity index (χ2n) is 3.61. The number of rotatable bonds is 2. The van der Waals surface area contributed by atoms with Crippen molar-refractivity contribution in [1.82, 2.24) is 9.97 Å². The Morgan fingerprint density at radius 3 is 2.16 bits per heavy atom. The quantitative estimate of drug-likeness (QED) is 0.491. The molecule has 2 rings (SSSR count). The van der Waals surface area contributed by atoms with Gasteiger partial charge in [-0.25, -0.2) is 14.4 Å². The van der Waals surface area contributed by atoms with Gasteiger partial charge in [-0.2, -0.15) is 0 Å². The molecule has 19 heavy (non-hydrogen) atoms. The lowest BCUT2D eigenvalue weighted by molar-refractivity contribution is 0.604. The Morgan fingerprint density at radius 1 is 1.00 bits per heavy atom. The first-order chi connectivity index (χ1) is 8.88. The van der Waals surface area contributed by atoms with Crippen molar-refractivity contribution in [2.24, 2.45) is 0 Å². The molecule has 0 atom stereocenters. The van der Waals surface area contributed by atoms with E-state index >= 15 is 0 Å². The van der Waals surface area contributed by atoms with Gasteiger partial charge in [-0.15, -0.1) is 0 Å². The van der Waals surface area contributed by atoms with Gasteiger partial charge in [0.2, 0.25) is 0 Å². The van der Waals surface area contributed by atoms with E-state index in [0.717, 1.165) is 11.8 Å². The normalized spacial score (nSPS) is 10.6. The van der Waals surface area contributed by atoms with E-state index in [9.17, 15) is 4.39 Å². The number of nitrogens with two attached hydrogens (primary N) is 4. The molecule has 0 aliphatic heterocycles. The van der Waals surface area contributed by atoms with E-state index < -0.39 is 5.82 Å². The van der Waals surface area contributed by atoms with E-state index in [-0.39, 0.29) is 38.1 Å². The van der Waals surface area contributed by atoms with Crippen LogP contribution in [-0.4, -0.2) is 9.97 Å². The molecule has 8 N–H and O–H groups in total. The summed E-state index contributed by atoms with van der Waals surface area (Å²) in [4.78, 5) is 7.91. The van der Waals surface area contributed by atoms with E-state index in [1.54, 1.807) is 0 Å². The molecular weight excluding hydrogens is 291 g/mol. The highest BCUT2D eigenvalue weighted by molar-refractivity contribution is 7.99. The van der Waals surface area contributed by atoms with Crippen molar-refractivity contribution in [1.29, 1.82) is 0 Å². The third-order valence-electron chi connectivity index (χ3n) is 2.16. The first kappa shape index (κ1) is 13.5. The van der Waals surface area contributed by atoms with Gasteiger partial charge in [0.05, 0.1) is 16.3 Å². The van der Waals surface area contributed by atoms with E-state index in [0.29, 0.717) is 0 Å². The summed E-state index contributed by atoms with van der Waals surface area (Å²) in [6, 6.07) is 2.75. The zero-order chi connectivity index (χ0) is 14.2. The Hall–Kier alpha value is -1.93. The molecule has 0 fully saturated rings. The van der Waals surface area contributed by atoms with Crippen molar-refractivity contribution in [3.05, 3.63) is 23.0 Å². The van der Waals surface area contributed by atoms with Crippen molar-refractivity contribution >= 4 is 46.4 Å². The minimum Gasteiger partial charge on any atom is -0.398 e. The number of hydrogen-bond acceptors (Lipinski definition) is 7. The van der Waals surface area contributed by atoms with E-state index in [1.807, 2.05) is 0 Å². The fraction of sp³-hybridized carbons (Fsp3) is 0. The predicted molar refractivity (Wildman–Crippen MR) is 75.2 cm³/mol. The van der Waals surface area contributed by atoms with Crippen molar-refractivity contribution in [3.63, 3.8) is 0 Å². The highest BCUT2D eigenvalue weighted by atomic mass is 35.5. The van der Waals surface area contributed by atoms with Crippen LogP contribution in [0, 0.1) is 5.82 Å². The molecule has 0 aliphatic carbocycles. The largest absolute Gasteiger partial charge is 0.398 e. The lowest BCUT2D eigenvalue weighted by Gasteiger charge is -2.09.